The molecule has 0 unspecified atom stereocenters. The van der Waals surface area contributed by atoms with Crippen molar-refractivity contribution in [1.82, 2.24) is 15.8 Å². The molecule has 1 aromatic heterocycles. The normalized spacial score (nSPS) is 11.7. The summed E-state index contributed by atoms with van der Waals surface area (Å²) < 4.78 is 11.2. The molecule has 0 fully saturated rings. The summed E-state index contributed by atoms with van der Waals surface area (Å²) in [7, 11) is 1.75. The second kappa shape index (κ2) is 9.85. The number of aromatic nitrogens is 1. The van der Waals surface area contributed by atoms with E-state index in [-0.39, 0.29) is 0 Å². The first kappa shape index (κ1) is 19.8. The minimum absolute atomic E-state index is 0.355. The SMILES string of the molecule is CCCOc1cc(C)ccc1CNC(=NC)NCc1cc(C(C)C)no1. The second-order valence-electron chi connectivity index (χ2n) is 6.61. The summed E-state index contributed by atoms with van der Waals surface area (Å²) in [6, 6.07) is 8.23. The number of nitrogens with one attached hydrogen (secondary N) is 2. The van der Waals surface area contributed by atoms with Gasteiger partial charge in [0.1, 0.15) is 5.75 Å². The first-order valence-corrected chi connectivity index (χ1v) is 9.15. The average molecular weight is 358 g/mol. The minimum atomic E-state index is 0.355. The fraction of sp³-hybridized carbons (Fsp3) is 0.500. The number of ether oxygens (including phenoxy) is 1. The molecule has 0 saturated heterocycles. The lowest BCUT2D eigenvalue weighted by Crippen LogP contribution is -2.36. The van der Waals surface area contributed by atoms with Crippen LogP contribution in [0.4, 0.5) is 0 Å². The molecule has 0 spiro atoms. The van der Waals surface area contributed by atoms with E-state index in [2.05, 4.69) is 66.7 Å². The number of rotatable bonds is 8. The predicted molar refractivity (Wildman–Crippen MR) is 105 cm³/mol. The predicted octanol–water partition coefficient (Wildman–Crippen LogP) is 3.76. The van der Waals surface area contributed by atoms with E-state index >= 15 is 0 Å². The summed E-state index contributed by atoms with van der Waals surface area (Å²) in [5.41, 5.74) is 3.25. The highest BCUT2D eigenvalue weighted by molar-refractivity contribution is 5.79. The van der Waals surface area contributed by atoms with E-state index in [1.165, 1.54) is 5.56 Å². The highest BCUT2D eigenvalue weighted by atomic mass is 16.5. The standard InChI is InChI=1S/C20H30N4O2/c1-6-9-25-19-10-15(4)7-8-16(19)12-22-20(21-5)23-13-17-11-18(14(2)3)24-26-17/h7-8,10-11,14H,6,9,12-13H2,1-5H3,(H2,21,22,23). The van der Waals surface area contributed by atoms with Crippen LogP contribution in [0.3, 0.4) is 0 Å². The number of aliphatic imine (C=N–C) groups is 1. The summed E-state index contributed by atoms with van der Waals surface area (Å²) in [6.45, 7) is 10.2. The van der Waals surface area contributed by atoms with Crippen molar-refractivity contribution in [1.29, 1.82) is 0 Å². The Balaban J connectivity index is 1.92. The maximum atomic E-state index is 5.86. The third kappa shape index (κ3) is 5.79. The number of hydrogen-bond donors (Lipinski definition) is 2. The molecule has 1 aromatic carbocycles. The van der Waals surface area contributed by atoms with E-state index in [0.717, 1.165) is 29.2 Å². The van der Waals surface area contributed by atoms with Crippen LogP contribution in [0.5, 0.6) is 5.75 Å². The zero-order valence-corrected chi connectivity index (χ0v) is 16.4. The van der Waals surface area contributed by atoms with Crippen LogP contribution in [-0.4, -0.2) is 24.8 Å². The largest absolute Gasteiger partial charge is 0.493 e. The van der Waals surface area contributed by atoms with Crippen molar-refractivity contribution in [2.24, 2.45) is 4.99 Å². The summed E-state index contributed by atoms with van der Waals surface area (Å²) in [5.74, 6) is 2.77. The van der Waals surface area contributed by atoms with Gasteiger partial charge in [-0.05, 0) is 30.9 Å². The van der Waals surface area contributed by atoms with Crippen LogP contribution in [0, 0.1) is 6.92 Å². The summed E-state index contributed by atoms with van der Waals surface area (Å²) in [6.07, 6.45) is 0.986. The summed E-state index contributed by atoms with van der Waals surface area (Å²) in [5, 5.41) is 10.6. The van der Waals surface area contributed by atoms with E-state index in [1.807, 2.05) is 6.07 Å². The van der Waals surface area contributed by atoms with Gasteiger partial charge in [0.25, 0.3) is 0 Å². The van der Waals surface area contributed by atoms with Crippen molar-refractivity contribution in [2.75, 3.05) is 13.7 Å². The van der Waals surface area contributed by atoms with Gasteiger partial charge in [0.2, 0.25) is 0 Å². The number of benzene rings is 1. The summed E-state index contributed by atoms with van der Waals surface area (Å²) >= 11 is 0. The van der Waals surface area contributed by atoms with Crippen molar-refractivity contribution < 1.29 is 9.26 Å². The zero-order chi connectivity index (χ0) is 18.9. The van der Waals surface area contributed by atoms with Crippen LogP contribution in [-0.2, 0) is 13.1 Å². The van der Waals surface area contributed by atoms with Gasteiger partial charge in [-0.15, -0.1) is 0 Å². The first-order valence-electron chi connectivity index (χ1n) is 9.15. The van der Waals surface area contributed by atoms with Crippen LogP contribution in [0.15, 0.2) is 33.8 Å². The lowest BCUT2D eigenvalue weighted by Gasteiger charge is -2.15. The van der Waals surface area contributed by atoms with Crippen molar-refractivity contribution in [3.05, 3.63) is 46.8 Å². The van der Waals surface area contributed by atoms with Crippen LogP contribution < -0.4 is 15.4 Å². The Morgan fingerprint density at radius 1 is 1.23 bits per heavy atom. The molecule has 2 rings (SSSR count). The van der Waals surface area contributed by atoms with Gasteiger partial charge in [0.15, 0.2) is 11.7 Å². The van der Waals surface area contributed by atoms with Gasteiger partial charge < -0.3 is 19.9 Å². The van der Waals surface area contributed by atoms with Crippen molar-refractivity contribution >= 4 is 5.96 Å². The summed E-state index contributed by atoms with van der Waals surface area (Å²) in [4.78, 5) is 4.26. The van der Waals surface area contributed by atoms with E-state index in [9.17, 15) is 0 Å². The average Bonchev–Trinajstić information content (AvgIpc) is 3.10. The molecule has 26 heavy (non-hydrogen) atoms. The molecule has 6 nitrogen and oxygen atoms in total. The maximum Gasteiger partial charge on any atom is 0.191 e. The molecule has 142 valence electrons. The molecular formula is C20H30N4O2. The number of guanidine groups is 1. The molecule has 0 aliphatic heterocycles. The van der Waals surface area contributed by atoms with Gasteiger partial charge in [-0.3, -0.25) is 4.99 Å². The van der Waals surface area contributed by atoms with Gasteiger partial charge in [0.05, 0.1) is 18.8 Å². The molecule has 2 N–H and O–H groups in total. The Hall–Kier alpha value is -2.50. The van der Waals surface area contributed by atoms with Gasteiger partial charge in [0, 0.05) is 25.2 Å². The third-order valence-electron chi connectivity index (χ3n) is 3.95. The van der Waals surface area contributed by atoms with E-state index in [1.54, 1.807) is 7.05 Å². The highest BCUT2D eigenvalue weighted by Gasteiger charge is 2.09. The molecular weight excluding hydrogens is 328 g/mol. The van der Waals surface area contributed by atoms with Crippen LogP contribution >= 0.6 is 0 Å². The molecule has 0 bridgehead atoms. The molecule has 0 aliphatic rings. The monoisotopic (exact) mass is 358 g/mol. The number of aryl methyl sites for hydroxylation is 1. The molecule has 0 atom stereocenters. The van der Waals surface area contributed by atoms with Crippen molar-refractivity contribution in [3.63, 3.8) is 0 Å². The van der Waals surface area contributed by atoms with Crippen molar-refractivity contribution in [2.45, 2.75) is 53.1 Å². The minimum Gasteiger partial charge on any atom is -0.493 e. The fourth-order valence-corrected chi connectivity index (χ4v) is 2.41. The molecule has 0 aliphatic carbocycles. The van der Waals surface area contributed by atoms with Crippen LogP contribution in [0.25, 0.3) is 0 Å². The van der Waals surface area contributed by atoms with Gasteiger partial charge in [-0.1, -0.05) is 38.1 Å². The van der Waals surface area contributed by atoms with Gasteiger partial charge in [-0.2, -0.15) is 0 Å². The van der Waals surface area contributed by atoms with E-state index in [0.29, 0.717) is 31.6 Å². The first-order chi connectivity index (χ1) is 12.5. The van der Waals surface area contributed by atoms with Crippen LogP contribution in [0.1, 0.15) is 55.7 Å². The van der Waals surface area contributed by atoms with E-state index < -0.39 is 0 Å². The quantitative estimate of drug-likeness (QED) is 0.555. The Kier molecular flexibility index (Phi) is 7.51. The topological polar surface area (TPSA) is 71.7 Å². The maximum absolute atomic E-state index is 5.86. The zero-order valence-electron chi connectivity index (χ0n) is 16.4. The van der Waals surface area contributed by atoms with E-state index in [4.69, 9.17) is 9.26 Å². The molecule has 2 aromatic rings. The molecule has 6 heteroatoms. The number of hydrogen-bond acceptors (Lipinski definition) is 4. The number of nitrogens with zero attached hydrogens (tertiary/aromatic N) is 2. The Morgan fingerprint density at radius 2 is 2.00 bits per heavy atom. The molecule has 1 heterocycles. The molecule has 0 amide bonds. The third-order valence-corrected chi connectivity index (χ3v) is 3.95. The highest BCUT2D eigenvalue weighted by Crippen LogP contribution is 2.20. The van der Waals surface area contributed by atoms with Gasteiger partial charge >= 0.3 is 0 Å². The second-order valence-corrected chi connectivity index (χ2v) is 6.61. The Morgan fingerprint density at radius 3 is 2.65 bits per heavy atom. The molecule has 0 radical (unpaired) electrons. The molecule has 0 saturated carbocycles. The smallest absolute Gasteiger partial charge is 0.191 e. The Bertz CT molecular complexity index is 722. The van der Waals surface area contributed by atoms with Gasteiger partial charge in [-0.25, -0.2) is 0 Å². The lowest BCUT2D eigenvalue weighted by atomic mass is 10.1. The van der Waals surface area contributed by atoms with Crippen LogP contribution in [0.2, 0.25) is 0 Å². The lowest BCUT2D eigenvalue weighted by molar-refractivity contribution is 0.313. The Labute approximate surface area is 156 Å². The fourth-order valence-electron chi connectivity index (χ4n) is 2.41. The van der Waals surface area contributed by atoms with Crippen molar-refractivity contribution in [3.8, 4) is 5.75 Å².